The Morgan fingerprint density at radius 2 is 1.92 bits per heavy atom. The minimum atomic E-state index is -1.13. The molecule has 0 saturated carbocycles. The summed E-state index contributed by atoms with van der Waals surface area (Å²) in [5.74, 6) is -1.16. The topological polar surface area (TPSA) is 187 Å². The Morgan fingerprint density at radius 3 is 2.54 bits per heavy atom. The number of carbonyl (C=O) groups is 2. The molecule has 12 nitrogen and oxygen atoms in total. The van der Waals surface area contributed by atoms with E-state index in [2.05, 4.69) is 0 Å². The normalized spacial score (nSPS) is 13.7. The molecular formula is C27H32N6O6. The highest BCUT2D eigenvalue weighted by atomic mass is 16.6. The van der Waals surface area contributed by atoms with Crippen molar-refractivity contribution in [3.8, 4) is 5.75 Å². The Kier molecular flexibility index (Phi) is 9.74. The summed E-state index contributed by atoms with van der Waals surface area (Å²) in [6.45, 7) is 2.99. The lowest BCUT2D eigenvalue weighted by Gasteiger charge is -2.32. The Hall–Kier alpha value is -4.74. The van der Waals surface area contributed by atoms with Crippen LogP contribution in [0.15, 0.2) is 48.5 Å². The maximum absolute atomic E-state index is 13.0. The number of rotatable bonds is 11. The largest absolute Gasteiger partial charge is 0.483 e. The van der Waals surface area contributed by atoms with Gasteiger partial charge in [0.05, 0.1) is 22.9 Å². The van der Waals surface area contributed by atoms with Gasteiger partial charge in [0, 0.05) is 50.5 Å². The lowest BCUT2D eigenvalue weighted by molar-refractivity contribution is -0.386. The molecule has 0 aliphatic carbocycles. The van der Waals surface area contributed by atoms with Crippen LogP contribution in [0.2, 0.25) is 0 Å². The first kappa shape index (κ1) is 28.8. The van der Waals surface area contributed by atoms with Gasteiger partial charge >= 0.3 is 11.7 Å². The number of amides is 1. The minimum Gasteiger partial charge on any atom is -0.483 e. The van der Waals surface area contributed by atoms with E-state index in [-0.39, 0.29) is 48.5 Å². The lowest BCUT2D eigenvalue weighted by atomic mass is 10.1. The van der Waals surface area contributed by atoms with Gasteiger partial charge in [-0.2, -0.15) is 0 Å². The van der Waals surface area contributed by atoms with Crippen LogP contribution in [0.3, 0.4) is 0 Å². The van der Waals surface area contributed by atoms with Gasteiger partial charge in [0.1, 0.15) is 11.9 Å². The van der Waals surface area contributed by atoms with Gasteiger partial charge in [-0.25, -0.2) is 0 Å². The first-order valence-corrected chi connectivity index (χ1v) is 12.4. The summed E-state index contributed by atoms with van der Waals surface area (Å²) in [6, 6.07) is 11.2. The summed E-state index contributed by atoms with van der Waals surface area (Å²) in [5, 5.41) is 36.3. The van der Waals surface area contributed by atoms with Crippen LogP contribution >= 0.6 is 0 Å². The summed E-state index contributed by atoms with van der Waals surface area (Å²) in [7, 11) is 0. The number of nitrogens with zero attached hydrogens (tertiary/aromatic N) is 3. The molecule has 1 fully saturated rings. The first-order chi connectivity index (χ1) is 18.5. The lowest BCUT2D eigenvalue weighted by Crippen LogP contribution is -2.40. The monoisotopic (exact) mass is 536 g/mol. The molecule has 3 rings (SSSR count). The highest BCUT2D eigenvalue weighted by Crippen LogP contribution is 2.34. The van der Waals surface area contributed by atoms with E-state index in [9.17, 15) is 19.7 Å². The van der Waals surface area contributed by atoms with Crippen LogP contribution in [-0.2, 0) is 9.59 Å². The molecule has 1 aliphatic heterocycles. The standard InChI is InChI=1S/C27H32N6O6/c1-18(28)31-14-11-22(12-15-31)39-24-8-7-21(17-23(24)33(37)38)32(25(34)9-10-26(35)36)13-3-5-19-4-2-6-20(16-19)27(29)30/h2-8,16-17,22,28H,9-15H2,1H3,(H3,29,30)(H,35,36). The maximum Gasteiger partial charge on any atom is 0.313 e. The number of anilines is 1. The van der Waals surface area contributed by atoms with Crippen molar-refractivity contribution in [1.29, 1.82) is 10.8 Å². The SMILES string of the molecule is CC(=N)N1CCC(Oc2ccc(N(CC=Cc3cccc(C(=N)N)c3)C(=O)CCC(=O)O)cc2[N+](=O)[O-])CC1. The summed E-state index contributed by atoms with van der Waals surface area (Å²) >= 11 is 0. The van der Waals surface area contributed by atoms with Crippen LogP contribution in [0.1, 0.15) is 43.7 Å². The van der Waals surface area contributed by atoms with E-state index in [1.54, 1.807) is 49.4 Å². The second kappa shape index (κ2) is 13.2. The van der Waals surface area contributed by atoms with Gasteiger partial charge in [0.25, 0.3) is 0 Å². The number of nitrogens with one attached hydrogen (secondary N) is 2. The Bertz CT molecular complexity index is 1290. The van der Waals surface area contributed by atoms with Crippen molar-refractivity contribution < 1.29 is 24.4 Å². The summed E-state index contributed by atoms with van der Waals surface area (Å²) < 4.78 is 5.96. The zero-order valence-corrected chi connectivity index (χ0v) is 21.6. The smallest absolute Gasteiger partial charge is 0.313 e. The molecule has 0 bridgehead atoms. The number of nitro benzene ring substituents is 1. The molecule has 39 heavy (non-hydrogen) atoms. The molecule has 206 valence electrons. The van der Waals surface area contributed by atoms with Crippen LogP contribution in [0.4, 0.5) is 11.4 Å². The number of ether oxygens (including phenoxy) is 1. The molecule has 1 heterocycles. The van der Waals surface area contributed by atoms with Gasteiger partial charge in [-0.3, -0.25) is 30.5 Å². The molecule has 0 unspecified atom stereocenters. The number of nitrogen functional groups attached to an aromatic ring is 1. The van der Waals surface area contributed by atoms with Crippen LogP contribution in [-0.4, -0.2) is 64.2 Å². The van der Waals surface area contributed by atoms with Crippen molar-refractivity contribution in [1.82, 2.24) is 4.90 Å². The number of hydrogen-bond donors (Lipinski definition) is 4. The predicted octanol–water partition coefficient (Wildman–Crippen LogP) is 3.63. The van der Waals surface area contributed by atoms with E-state index in [4.69, 9.17) is 26.4 Å². The zero-order chi connectivity index (χ0) is 28.5. The number of nitrogens with two attached hydrogens (primary N) is 1. The number of benzene rings is 2. The molecule has 2 aromatic carbocycles. The predicted molar refractivity (Wildman–Crippen MR) is 147 cm³/mol. The molecule has 0 spiro atoms. The number of hydrogen-bond acceptors (Lipinski definition) is 7. The average Bonchev–Trinajstić information content (AvgIpc) is 2.90. The van der Waals surface area contributed by atoms with E-state index in [0.29, 0.717) is 37.3 Å². The molecular weight excluding hydrogens is 504 g/mol. The van der Waals surface area contributed by atoms with Crippen LogP contribution < -0.4 is 15.4 Å². The highest BCUT2D eigenvalue weighted by Gasteiger charge is 2.26. The Balaban J connectivity index is 1.83. The number of nitro groups is 1. The van der Waals surface area contributed by atoms with Crippen LogP contribution in [0.5, 0.6) is 5.75 Å². The third kappa shape index (κ3) is 8.12. The fraction of sp³-hybridized carbons (Fsp3) is 0.333. The van der Waals surface area contributed by atoms with Gasteiger partial charge in [-0.1, -0.05) is 30.4 Å². The third-order valence-electron chi connectivity index (χ3n) is 6.31. The molecule has 5 N–H and O–H groups in total. The quantitative estimate of drug-likeness (QED) is 0.145. The van der Waals surface area contributed by atoms with Gasteiger partial charge in [0.15, 0.2) is 5.75 Å². The number of carboxylic acids is 1. The number of piperidine rings is 1. The molecule has 12 heteroatoms. The summed E-state index contributed by atoms with van der Waals surface area (Å²) in [4.78, 5) is 38.6. The molecule has 1 saturated heterocycles. The average molecular weight is 537 g/mol. The number of carboxylic acid groups (broad SMARTS) is 1. The Morgan fingerprint density at radius 1 is 1.21 bits per heavy atom. The van der Waals surface area contributed by atoms with Gasteiger partial charge < -0.3 is 25.4 Å². The molecule has 2 aromatic rings. The summed E-state index contributed by atoms with van der Waals surface area (Å²) in [5.41, 5.74) is 6.76. The molecule has 0 atom stereocenters. The fourth-order valence-corrected chi connectivity index (χ4v) is 4.21. The highest BCUT2D eigenvalue weighted by molar-refractivity contribution is 5.96. The number of aliphatic carboxylic acids is 1. The van der Waals surface area contributed by atoms with E-state index in [0.717, 1.165) is 5.56 Å². The Labute approximate surface area is 225 Å². The van der Waals surface area contributed by atoms with E-state index in [1.165, 1.54) is 17.0 Å². The number of amidine groups is 2. The van der Waals surface area contributed by atoms with Gasteiger partial charge in [0.2, 0.25) is 5.91 Å². The van der Waals surface area contributed by atoms with Crippen molar-refractivity contribution in [2.75, 3.05) is 24.5 Å². The van der Waals surface area contributed by atoms with E-state index < -0.39 is 16.8 Å². The first-order valence-electron chi connectivity index (χ1n) is 12.4. The van der Waals surface area contributed by atoms with Gasteiger partial charge in [-0.15, -0.1) is 0 Å². The molecule has 1 amide bonds. The maximum atomic E-state index is 13.0. The second-order valence-corrected chi connectivity index (χ2v) is 9.14. The number of likely N-dealkylation sites (tertiary alicyclic amines) is 1. The van der Waals surface area contributed by atoms with Crippen molar-refractivity contribution in [3.63, 3.8) is 0 Å². The molecule has 0 aromatic heterocycles. The number of carbonyl (C=O) groups excluding carboxylic acids is 1. The van der Waals surface area contributed by atoms with Gasteiger partial charge in [-0.05, 0) is 30.7 Å². The second-order valence-electron chi connectivity index (χ2n) is 9.14. The van der Waals surface area contributed by atoms with Crippen molar-refractivity contribution in [2.24, 2.45) is 5.73 Å². The van der Waals surface area contributed by atoms with Crippen molar-refractivity contribution >= 4 is 41.0 Å². The molecule has 1 aliphatic rings. The van der Waals surface area contributed by atoms with Crippen molar-refractivity contribution in [3.05, 3.63) is 69.8 Å². The fourth-order valence-electron chi connectivity index (χ4n) is 4.21. The van der Waals surface area contributed by atoms with Crippen molar-refractivity contribution in [2.45, 2.75) is 38.7 Å². The minimum absolute atomic E-state index is 0.0293. The van der Waals surface area contributed by atoms with Crippen LogP contribution in [0, 0.1) is 20.9 Å². The van der Waals surface area contributed by atoms with E-state index in [1.807, 2.05) is 4.90 Å². The summed E-state index contributed by atoms with van der Waals surface area (Å²) in [6.07, 6.45) is 3.73. The third-order valence-corrected chi connectivity index (χ3v) is 6.31. The van der Waals surface area contributed by atoms with Crippen LogP contribution in [0.25, 0.3) is 6.08 Å². The zero-order valence-electron chi connectivity index (χ0n) is 21.6. The molecule has 0 radical (unpaired) electrons. The van der Waals surface area contributed by atoms with E-state index >= 15 is 0 Å².